The molecule has 0 bridgehead atoms. The number of nitrogens with two attached hydrogens (primary N) is 1. The zero-order chi connectivity index (χ0) is 12.5. The number of likely N-dealkylation sites (tertiary alicyclic amines) is 1. The van der Waals surface area contributed by atoms with Crippen molar-refractivity contribution in [2.75, 3.05) is 25.9 Å². The topological polar surface area (TPSA) is 29.3 Å². The summed E-state index contributed by atoms with van der Waals surface area (Å²) in [5, 5.41) is 0. The average molecular weight is 240 g/mol. The van der Waals surface area contributed by atoms with Crippen molar-refractivity contribution in [2.24, 2.45) is 5.92 Å². The molecular weight excluding hydrogens is 222 g/mol. The molecule has 4 heteroatoms. The van der Waals surface area contributed by atoms with Crippen LogP contribution in [0.5, 0.6) is 0 Å². The highest BCUT2D eigenvalue weighted by Gasteiger charge is 2.43. The molecule has 0 radical (unpaired) electrons. The maximum absolute atomic E-state index is 14.3. The zero-order valence-corrected chi connectivity index (χ0v) is 10.00. The molecule has 1 aromatic rings. The molecule has 0 spiro atoms. The van der Waals surface area contributed by atoms with Crippen LogP contribution in [0.4, 0.5) is 14.5 Å². The lowest BCUT2D eigenvalue weighted by molar-refractivity contribution is -0.0830. The fraction of sp³-hybridized carbons (Fsp3) is 0.538. The van der Waals surface area contributed by atoms with Crippen LogP contribution in [0.3, 0.4) is 0 Å². The van der Waals surface area contributed by atoms with E-state index in [1.54, 1.807) is 12.1 Å². The molecule has 1 fully saturated rings. The van der Waals surface area contributed by atoms with E-state index in [0.717, 1.165) is 13.1 Å². The van der Waals surface area contributed by atoms with Gasteiger partial charge in [-0.2, -0.15) is 0 Å². The Morgan fingerprint density at radius 1 is 1.24 bits per heavy atom. The molecule has 1 aromatic carbocycles. The summed E-state index contributed by atoms with van der Waals surface area (Å²) in [5.74, 6) is -3.41. The monoisotopic (exact) mass is 240 g/mol. The minimum absolute atomic E-state index is 0.0189. The molecule has 1 aliphatic heterocycles. The van der Waals surface area contributed by atoms with Crippen LogP contribution >= 0.6 is 0 Å². The van der Waals surface area contributed by atoms with Crippen molar-refractivity contribution in [1.29, 1.82) is 0 Å². The average Bonchev–Trinajstić information content (AvgIpc) is 2.30. The second kappa shape index (κ2) is 4.61. The van der Waals surface area contributed by atoms with E-state index in [0.29, 0.717) is 12.8 Å². The highest BCUT2D eigenvalue weighted by atomic mass is 19.3. The summed E-state index contributed by atoms with van der Waals surface area (Å²) in [6.45, 7) is 1.46. The minimum atomic E-state index is -2.81. The molecule has 1 heterocycles. The predicted molar refractivity (Wildman–Crippen MR) is 65.0 cm³/mol. The number of rotatable bonds is 2. The van der Waals surface area contributed by atoms with E-state index in [9.17, 15) is 8.78 Å². The largest absolute Gasteiger partial charge is 0.398 e. The molecule has 0 saturated carbocycles. The van der Waals surface area contributed by atoms with Gasteiger partial charge in [-0.15, -0.1) is 0 Å². The fourth-order valence-electron chi connectivity index (χ4n) is 2.39. The van der Waals surface area contributed by atoms with E-state index in [1.807, 2.05) is 7.05 Å². The van der Waals surface area contributed by atoms with Crippen LogP contribution in [0.2, 0.25) is 0 Å². The molecular formula is C13H18F2N2. The second-order valence-electron chi connectivity index (χ2n) is 4.79. The SMILES string of the molecule is CN1CCC(C(F)(F)c2ccccc2N)CC1. The number of halogens is 2. The van der Waals surface area contributed by atoms with E-state index in [1.165, 1.54) is 12.1 Å². The summed E-state index contributed by atoms with van der Waals surface area (Å²) in [6, 6.07) is 6.28. The van der Waals surface area contributed by atoms with Gasteiger partial charge in [0.25, 0.3) is 5.92 Å². The first kappa shape index (κ1) is 12.3. The highest BCUT2D eigenvalue weighted by molar-refractivity contribution is 5.49. The Labute approximate surface area is 100 Å². The van der Waals surface area contributed by atoms with Crippen LogP contribution in [-0.4, -0.2) is 25.0 Å². The Morgan fingerprint density at radius 3 is 2.41 bits per heavy atom. The number of benzene rings is 1. The van der Waals surface area contributed by atoms with Gasteiger partial charge in [-0.3, -0.25) is 0 Å². The van der Waals surface area contributed by atoms with Crippen LogP contribution in [0.25, 0.3) is 0 Å². The molecule has 1 saturated heterocycles. The molecule has 0 unspecified atom stereocenters. The van der Waals surface area contributed by atoms with E-state index in [-0.39, 0.29) is 11.3 Å². The zero-order valence-electron chi connectivity index (χ0n) is 10.00. The summed E-state index contributed by atoms with van der Waals surface area (Å²) in [7, 11) is 1.96. The molecule has 2 N–H and O–H groups in total. The van der Waals surface area contributed by atoms with Crippen molar-refractivity contribution >= 4 is 5.69 Å². The third-order valence-corrected chi connectivity index (χ3v) is 3.55. The van der Waals surface area contributed by atoms with E-state index < -0.39 is 11.8 Å². The van der Waals surface area contributed by atoms with Gasteiger partial charge in [0, 0.05) is 17.2 Å². The van der Waals surface area contributed by atoms with Gasteiger partial charge in [0.15, 0.2) is 0 Å². The first-order chi connectivity index (χ1) is 8.01. The third-order valence-electron chi connectivity index (χ3n) is 3.55. The number of anilines is 1. The summed E-state index contributed by atoms with van der Waals surface area (Å²) in [4.78, 5) is 2.08. The van der Waals surface area contributed by atoms with Crippen LogP contribution in [0, 0.1) is 5.92 Å². The van der Waals surface area contributed by atoms with E-state index in [2.05, 4.69) is 4.90 Å². The van der Waals surface area contributed by atoms with Gasteiger partial charge in [0.05, 0.1) is 0 Å². The van der Waals surface area contributed by atoms with Crippen LogP contribution in [0.15, 0.2) is 24.3 Å². The Bertz CT molecular complexity index is 385. The molecule has 0 atom stereocenters. The summed E-state index contributed by atoms with van der Waals surface area (Å²) < 4.78 is 28.7. The van der Waals surface area contributed by atoms with Crippen LogP contribution in [-0.2, 0) is 5.92 Å². The van der Waals surface area contributed by atoms with Crippen LogP contribution < -0.4 is 5.73 Å². The number of hydrogen-bond acceptors (Lipinski definition) is 2. The van der Waals surface area contributed by atoms with E-state index in [4.69, 9.17) is 5.73 Å². The summed E-state index contributed by atoms with van der Waals surface area (Å²) in [6.07, 6.45) is 1.05. The molecule has 0 aliphatic carbocycles. The molecule has 0 aromatic heterocycles. The van der Waals surface area contributed by atoms with Gasteiger partial charge in [-0.05, 0) is 39.0 Å². The number of nitrogens with zero attached hydrogens (tertiary/aromatic N) is 1. The minimum Gasteiger partial charge on any atom is -0.398 e. The predicted octanol–water partition coefficient (Wildman–Crippen LogP) is 2.70. The van der Waals surface area contributed by atoms with Gasteiger partial charge in [-0.1, -0.05) is 18.2 Å². The standard InChI is InChI=1S/C13H18F2N2/c1-17-8-6-10(7-9-17)13(14,15)11-4-2-3-5-12(11)16/h2-5,10H,6-9,16H2,1H3. The quantitative estimate of drug-likeness (QED) is 0.805. The second-order valence-corrected chi connectivity index (χ2v) is 4.79. The Hall–Kier alpha value is -1.16. The Morgan fingerprint density at radius 2 is 1.82 bits per heavy atom. The van der Waals surface area contributed by atoms with Crippen LogP contribution in [0.1, 0.15) is 18.4 Å². The van der Waals surface area contributed by atoms with Gasteiger partial charge in [0.1, 0.15) is 0 Å². The van der Waals surface area contributed by atoms with Crippen molar-refractivity contribution in [3.63, 3.8) is 0 Å². The Kier molecular flexibility index (Phi) is 3.33. The van der Waals surface area contributed by atoms with Crippen molar-refractivity contribution in [1.82, 2.24) is 4.90 Å². The lowest BCUT2D eigenvalue weighted by atomic mass is 9.86. The van der Waals surface area contributed by atoms with Gasteiger partial charge < -0.3 is 10.6 Å². The van der Waals surface area contributed by atoms with E-state index >= 15 is 0 Å². The number of hydrogen-bond donors (Lipinski definition) is 1. The smallest absolute Gasteiger partial charge is 0.278 e. The van der Waals surface area contributed by atoms with Crippen molar-refractivity contribution < 1.29 is 8.78 Å². The summed E-state index contributed by atoms with van der Waals surface area (Å²) in [5.41, 5.74) is 5.82. The fourth-order valence-corrected chi connectivity index (χ4v) is 2.39. The molecule has 2 nitrogen and oxygen atoms in total. The van der Waals surface area contributed by atoms with Crippen molar-refractivity contribution in [3.8, 4) is 0 Å². The van der Waals surface area contributed by atoms with Crippen molar-refractivity contribution in [3.05, 3.63) is 29.8 Å². The maximum atomic E-state index is 14.3. The lowest BCUT2D eigenvalue weighted by Gasteiger charge is -2.34. The molecule has 0 amide bonds. The van der Waals surface area contributed by atoms with Crippen molar-refractivity contribution in [2.45, 2.75) is 18.8 Å². The normalized spacial score (nSPS) is 19.5. The maximum Gasteiger partial charge on any atom is 0.278 e. The Balaban J connectivity index is 2.21. The third kappa shape index (κ3) is 2.41. The number of para-hydroxylation sites is 1. The van der Waals surface area contributed by atoms with Gasteiger partial charge in [-0.25, -0.2) is 8.78 Å². The molecule has 94 valence electrons. The number of alkyl halides is 2. The number of nitrogen functional groups attached to an aromatic ring is 1. The first-order valence-corrected chi connectivity index (χ1v) is 5.93. The first-order valence-electron chi connectivity index (χ1n) is 5.93. The highest BCUT2D eigenvalue weighted by Crippen LogP contribution is 2.43. The molecule has 17 heavy (non-hydrogen) atoms. The summed E-state index contributed by atoms with van der Waals surface area (Å²) >= 11 is 0. The number of piperidine rings is 1. The van der Waals surface area contributed by atoms with Gasteiger partial charge >= 0.3 is 0 Å². The van der Waals surface area contributed by atoms with Gasteiger partial charge in [0.2, 0.25) is 0 Å². The molecule has 1 aliphatic rings. The molecule has 2 rings (SSSR count). The lowest BCUT2D eigenvalue weighted by Crippen LogP contribution is -2.37.